The Morgan fingerprint density at radius 3 is 2.80 bits per heavy atom. The summed E-state index contributed by atoms with van der Waals surface area (Å²) in [6.07, 6.45) is 3.22. The minimum atomic E-state index is -0.473. The zero-order valence-electron chi connectivity index (χ0n) is 17.9. The number of hydrogen-bond acceptors (Lipinski definition) is 6. The fraction of sp³-hybridized carbons (Fsp3) is 0.524. The zero-order chi connectivity index (χ0) is 21.7. The summed E-state index contributed by atoms with van der Waals surface area (Å²) in [5.41, 5.74) is 2.63. The number of thioether (sulfide) groups is 1. The first-order valence-electron chi connectivity index (χ1n) is 10.1. The monoisotopic (exact) mass is 449 g/mol. The van der Waals surface area contributed by atoms with Crippen molar-refractivity contribution < 1.29 is 9.53 Å². The van der Waals surface area contributed by atoms with Gasteiger partial charge in [0.1, 0.15) is 5.60 Å². The van der Waals surface area contributed by atoms with E-state index in [1.165, 1.54) is 0 Å². The first-order valence-corrected chi connectivity index (χ1v) is 11.5. The maximum atomic E-state index is 11.6. The number of amides is 1. The molecule has 0 spiro atoms. The molecule has 0 unspecified atom stereocenters. The van der Waals surface area contributed by atoms with Crippen LogP contribution in [0.25, 0.3) is 0 Å². The van der Waals surface area contributed by atoms with Crippen molar-refractivity contribution in [2.75, 3.05) is 12.3 Å². The Bertz CT molecular complexity index is 936. The highest BCUT2D eigenvalue weighted by molar-refractivity contribution is 7.99. The summed E-state index contributed by atoms with van der Waals surface area (Å²) in [6, 6.07) is 5.98. The van der Waals surface area contributed by atoms with Gasteiger partial charge >= 0.3 is 6.09 Å². The van der Waals surface area contributed by atoms with E-state index in [9.17, 15) is 4.79 Å². The van der Waals surface area contributed by atoms with Gasteiger partial charge in [-0.1, -0.05) is 35.9 Å². The molecule has 3 rings (SSSR count). The van der Waals surface area contributed by atoms with E-state index in [1.54, 1.807) is 11.8 Å². The molecule has 162 valence electrons. The van der Waals surface area contributed by atoms with E-state index in [-0.39, 0.29) is 6.09 Å². The van der Waals surface area contributed by atoms with Crippen LogP contribution in [0.3, 0.4) is 0 Å². The summed E-state index contributed by atoms with van der Waals surface area (Å²) in [5.74, 6) is 1.62. The Morgan fingerprint density at radius 1 is 1.27 bits per heavy atom. The van der Waals surface area contributed by atoms with E-state index in [0.717, 1.165) is 64.3 Å². The molecule has 1 aliphatic rings. The predicted molar refractivity (Wildman–Crippen MR) is 121 cm³/mol. The quantitative estimate of drug-likeness (QED) is 0.612. The van der Waals surface area contributed by atoms with Crippen molar-refractivity contribution in [2.45, 2.75) is 64.1 Å². The molecule has 30 heavy (non-hydrogen) atoms. The van der Waals surface area contributed by atoms with Crippen LogP contribution < -0.4 is 5.32 Å². The number of nitrogens with zero attached hydrogens (tertiary/aromatic N) is 4. The third-order valence-electron chi connectivity index (χ3n) is 4.47. The van der Waals surface area contributed by atoms with Crippen molar-refractivity contribution in [3.63, 3.8) is 0 Å². The SMILES string of the molecule is Cc1cc(C2=Nn3c(CCCCCNC(=O)OC(C)(C)C)nnc3SC2)ccc1Cl. The lowest BCUT2D eigenvalue weighted by Gasteiger charge is -2.19. The number of rotatable bonds is 7. The number of aryl methyl sites for hydroxylation is 2. The molecule has 9 heteroatoms. The molecule has 0 fully saturated rings. The van der Waals surface area contributed by atoms with Crippen molar-refractivity contribution in [3.8, 4) is 0 Å². The second-order valence-electron chi connectivity index (χ2n) is 8.25. The van der Waals surface area contributed by atoms with Gasteiger partial charge in [0.15, 0.2) is 5.82 Å². The molecule has 2 aromatic rings. The maximum absolute atomic E-state index is 11.6. The summed E-state index contributed by atoms with van der Waals surface area (Å²) in [6.45, 7) is 8.15. The van der Waals surface area contributed by atoms with E-state index >= 15 is 0 Å². The van der Waals surface area contributed by atoms with E-state index in [1.807, 2.05) is 44.5 Å². The maximum Gasteiger partial charge on any atom is 0.407 e. The van der Waals surface area contributed by atoms with Gasteiger partial charge in [-0.15, -0.1) is 10.2 Å². The molecule has 0 saturated carbocycles. The largest absolute Gasteiger partial charge is 0.444 e. The number of carbonyl (C=O) groups is 1. The normalized spacial score (nSPS) is 13.6. The van der Waals surface area contributed by atoms with Crippen LogP contribution in [-0.2, 0) is 11.2 Å². The number of aromatic nitrogens is 3. The Kier molecular flexibility index (Phi) is 7.41. The van der Waals surface area contributed by atoms with Crippen LogP contribution in [0.4, 0.5) is 4.79 Å². The first-order chi connectivity index (χ1) is 14.2. The number of ether oxygens (including phenoxy) is 1. The summed E-state index contributed by atoms with van der Waals surface area (Å²) >= 11 is 7.79. The number of fused-ring (bicyclic) bond motifs is 1. The lowest BCUT2D eigenvalue weighted by atomic mass is 10.1. The Balaban J connectivity index is 1.50. The van der Waals surface area contributed by atoms with Crippen LogP contribution in [0, 0.1) is 6.92 Å². The number of benzene rings is 1. The predicted octanol–water partition coefficient (Wildman–Crippen LogP) is 4.84. The highest BCUT2D eigenvalue weighted by Gasteiger charge is 2.20. The molecule has 1 amide bonds. The lowest BCUT2D eigenvalue weighted by Crippen LogP contribution is -2.32. The van der Waals surface area contributed by atoms with E-state index in [2.05, 4.69) is 21.6 Å². The van der Waals surface area contributed by atoms with Crippen LogP contribution in [0.2, 0.25) is 5.02 Å². The van der Waals surface area contributed by atoms with E-state index < -0.39 is 5.60 Å². The Morgan fingerprint density at radius 2 is 2.07 bits per heavy atom. The number of hydrogen-bond donors (Lipinski definition) is 1. The molecule has 1 aromatic heterocycles. The van der Waals surface area contributed by atoms with Gasteiger partial charge in [-0.2, -0.15) is 9.78 Å². The van der Waals surface area contributed by atoms with Gasteiger partial charge in [0, 0.05) is 23.7 Å². The highest BCUT2D eigenvalue weighted by atomic mass is 35.5. The molecule has 2 heterocycles. The smallest absolute Gasteiger partial charge is 0.407 e. The molecule has 0 radical (unpaired) electrons. The summed E-state index contributed by atoms with van der Waals surface area (Å²) in [5, 5.41) is 17.7. The molecular formula is C21H28ClN5O2S. The highest BCUT2D eigenvalue weighted by Crippen LogP contribution is 2.26. The summed E-state index contributed by atoms with van der Waals surface area (Å²) < 4.78 is 7.08. The molecule has 0 bridgehead atoms. The van der Waals surface area contributed by atoms with Crippen LogP contribution in [-0.4, -0.2) is 44.6 Å². The lowest BCUT2D eigenvalue weighted by molar-refractivity contribution is 0.0527. The molecule has 1 N–H and O–H groups in total. The van der Waals surface area contributed by atoms with Gasteiger partial charge in [0.05, 0.1) is 5.71 Å². The Hall–Kier alpha value is -2.06. The van der Waals surface area contributed by atoms with Gasteiger partial charge in [0.2, 0.25) is 5.16 Å². The van der Waals surface area contributed by atoms with Crippen LogP contribution in [0.1, 0.15) is 57.0 Å². The zero-order valence-corrected chi connectivity index (χ0v) is 19.4. The Labute approximate surface area is 186 Å². The average Bonchev–Trinajstić information content (AvgIpc) is 3.07. The minimum absolute atomic E-state index is 0.370. The molecule has 7 nitrogen and oxygen atoms in total. The molecule has 0 aliphatic carbocycles. The average molecular weight is 450 g/mol. The molecule has 0 saturated heterocycles. The van der Waals surface area contributed by atoms with E-state index in [0.29, 0.717) is 6.54 Å². The first kappa shape index (κ1) is 22.6. The third-order valence-corrected chi connectivity index (χ3v) is 5.83. The third kappa shape index (κ3) is 6.22. The van der Waals surface area contributed by atoms with Gasteiger partial charge in [0.25, 0.3) is 0 Å². The van der Waals surface area contributed by atoms with Crippen LogP contribution in [0.15, 0.2) is 28.5 Å². The number of halogens is 1. The number of alkyl carbamates (subject to hydrolysis) is 1. The molecule has 1 aromatic carbocycles. The molecular weight excluding hydrogens is 422 g/mol. The fourth-order valence-electron chi connectivity index (χ4n) is 2.98. The number of nitrogens with one attached hydrogen (secondary N) is 1. The van der Waals surface area contributed by atoms with Crippen molar-refractivity contribution in [3.05, 3.63) is 40.2 Å². The molecule has 1 aliphatic heterocycles. The van der Waals surface area contributed by atoms with Crippen molar-refractivity contribution in [1.82, 2.24) is 20.2 Å². The summed E-state index contributed by atoms with van der Waals surface area (Å²) in [7, 11) is 0. The summed E-state index contributed by atoms with van der Waals surface area (Å²) in [4.78, 5) is 11.6. The topological polar surface area (TPSA) is 81.4 Å². The van der Waals surface area contributed by atoms with Gasteiger partial charge < -0.3 is 10.1 Å². The second kappa shape index (κ2) is 9.83. The number of unbranched alkanes of at least 4 members (excludes halogenated alkanes) is 2. The van der Waals surface area contributed by atoms with Gasteiger partial charge in [-0.05, 0) is 63.8 Å². The van der Waals surface area contributed by atoms with Crippen LogP contribution >= 0.6 is 23.4 Å². The second-order valence-corrected chi connectivity index (χ2v) is 9.60. The van der Waals surface area contributed by atoms with Crippen molar-refractivity contribution in [1.29, 1.82) is 0 Å². The standard InChI is InChI=1S/C21H28ClN5O2S/c1-14-12-15(9-10-16(14)22)17-13-30-19-25-24-18(27(19)26-17)8-6-5-7-11-23-20(28)29-21(2,3)4/h9-10,12H,5-8,11,13H2,1-4H3,(H,23,28). The fourth-order valence-corrected chi connectivity index (χ4v) is 3.95. The minimum Gasteiger partial charge on any atom is -0.444 e. The van der Waals surface area contributed by atoms with Crippen molar-refractivity contribution >= 4 is 35.2 Å². The number of carbonyl (C=O) groups excluding carboxylic acids is 1. The van der Waals surface area contributed by atoms with Gasteiger partial charge in [-0.25, -0.2) is 4.79 Å². The van der Waals surface area contributed by atoms with Gasteiger partial charge in [-0.3, -0.25) is 0 Å². The molecule has 0 atom stereocenters. The van der Waals surface area contributed by atoms with E-state index in [4.69, 9.17) is 21.4 Å². The van der Waals surface area contributed by atoms with Crippen LogP contribution in [0.5, 0.6) is 0 Å². The van der Waals surface area contributed by atoms with Crippen molar-refractivity contribution in [2.24, 2.45) is 5.10 Å².